The summed E-state index contributed by atoms with van der Waals surface area (Å²) in [6.07, 6.45) is 4.22. The lowest BCUT2D eigenvalue weighted by Crippen LogP contribution is -2.35. The average molecular weight is 297 g/mol. The van der Waals surface area contributed by atoms with E-state index in [-0.39, 0.29) is 17.7 Å². The summed E-state index contributed by atoms with van der Waals surface area (Å²) in [5.74, 6) is 0.940. The molecule has 2 atom stereocenters. The van der Waals surface area contributed by atoms with Gasteiger partial charge in [-0.25, -0.2) is 0 Å². The SMILES string of the molecule is COc1ccc(NC(=O)C2CCCCC2CN)cc1Cl. The summed E-state index contributed by atoms with van der Waals surface area (Å²) < 4.78 is 5.09. The van der Waals surface area contributed by atoms with Gasteiger partial charge in [-0.1, -0.05) is 24.4 Å². The molecule has 1 saturated carbocycles. The number of halogens is 1. The molecule has 1 aromatic rings. The highest BCUT2D eigenvalue weighted by molar-refractivity contribution is 6.32. The van der Waals surface area contributed by atoms with Gasteiger partial charge in [0.25, 0.3) is 0 Å². The lowest BCUT2D eigenvalue weighted by molar-refractivity contribution is -0.122. The van der Waals surface area contributed by atoms with E-state index >= 15 is 0 Å². The molecule has 0 bridgehead atoms. The van der Waals surface area contributed by atoms with Gasteiger partial charge in [0.2, 0.25) is 5.91 Å². The number of hydrogen-bond acceptors (Lipinski definition) is 3. The Balaban J connectivity index is 2.05. The van der Waals surface area contributed by atoms with Crippen LogP contribution in [0.4, 0.5) is 5.69 Å². The highest BCUT2D eigenvalue weighted by atomic mass is 35.5. The minimum atomic E-state index is 0.00891. The number of nitrogens with two attached hydrogens (primary N) is 1. The minimum absolute atomic E-state index is 0.00891. The van der Waals surface area contributed by atoms with Crippen molar-refractivity contribution < 1.29 is 9.53 Å². The highest BCUT2D eigenvalue weighted by Crippen LogP contribution is 2.31. The number of ether oxygens (including phenoxy) is 1. The normalized spacial score (nSPS) is 22.4. The van der Waals surface area contributed by atoms with E-state index in [1.54, 1.807) is 25.3 Å². The zero-order valence-corrected chi connectivity index (χ0v) is 12.5. The molecule has 0 heterocycles. The van der Waals surface area contributed by atoms with Gasteiger partial charge in [0.1, 0.15) is 5.75 Å². The van der Waals surface area contributed by atoms with Crippen LogP contribution in [0, 0.1) is 11.8 Å². The molecule has 1 aromatic carbocycles. The van der Waals surface area contributed by atoms with Gasteiger partial charge in [0, 0.05) is 11.6 Å². The molecule has 0 saturated heterocycles. The number of rotatable bonds is 4. The van der Waals surface area contributed by atoms with Gasteiger partial charge in [-0.15, -0.1) is 0 Å². The summed E-state index contributed by atoms with van der Waals surface area (Å²) in [4.78, 5) is 12.4. The number of carbonyl (C=O) groups is 1. The molecule has 2 unspecified atom stereocenters. The number of methoxy groups -OCH3 is 1. The summed E-state index contributed by atoms with van der Waals surface area (Å²) in [6.45, 7) is 0.571. The third kappa shape index (κ3) is 3.44. The smallest absolute Gasteiger partial charge is 0.227 e. The van der Waals surface area contributed by atoms with Crippen molar-refractivity contribution in [2.45, 2.75) is 25.7 Å². The zero-order valence-electron chi connectivity index (χ0n) is 11.7. The molecule has 1 aliphatic rings. The van der Waals surface area contributed by atoms with E-state index in [0.29, 0.717) is 23.0 Å². The van der Waals surface area contributed by atoms with Gasteiger partial charge in [-0.3, -0.25) is 4.79 Å². The van der Waals surface area contributed by atoms with Crippen LogP contribution >= 0.6 is 11.6 Å². The molecule has 0 aromatic heterocycles. The van der Waals surface area contributed by atoms with Crippen LogP contribution in [0.3, 0.4) is 0 Å². The summed E-state index contributed by atoms with van der Waals surface area (Å²) in [5.41, 5.74) is 6.47. The van der Waals surface area contributed by atoms with E-state index in [9.17, 15) is 4.79 Å². The first-order valence-electron chi connectivity index (χ1n) is 7.00. The fourth-order valence-corrected chi connectivity index (χ4v) is 3.07. The molecule has 0 spiro atoms. The number of amides is 1. The number of benzene rings is 1. The van der Waals surface area contributed by atoms with E-state index in [2.05, 4.69) is 5.32 Å². The van der Waals surface area contributed by atoms with Crippen molar-refractivity contribution in [3.63, 3.8) is 0 Å². The monoisotopic (exact) mass is 296 g/mol. The second-order valence-electron chi connectivity index (χ2n) is 5.23. The molecule has 1 aliphatic carbocycles. The molecule has 1 amide bonds. The van der Waals surface area contributed by atoms with Gasteiger partial charge in [-0.2, -0.15) is 0 Å². The van der Waals surface area contributed by atoms with E-state index < -0.39 is 0 Å². The van der Waals surface area contributed by atoms with E-state index in [1.807, 2.05) is 0 Å². The standard InChI is InChI=1S/C15H21ClN2O2/c1-20-14-7-6-11(8-13(14)16)18-15(19)12-5-3-2-4-10(12)9-17/h6-8,10,12H,2-5,9,17H2,1H3,(H,18,19). The maximum atomic E-state index is 12.4. The number of hydrogen-bond donors (Lipinski definition) is 2. The molecular formula is C15H21ClN2O2. The largest absolute Gasteiger partial charge is 0.495 e. The fraction of sp³-hybridized carbons (Fsp3) is 0.533. The van der Waals surface area contributed by atoms with Crippen LogP contribution in [0.2, 0.25) is 5.02 Å². The van der Waals surface area contributed by atoms with Crippen molar-refractivity contribution in [2.24, 2.45) is 17.6 Å². The summed E-state index contributed by atoms with van der Waals surface area (Å²) in [7, 11) is 1.56. The third-order valence-corrected chi connectivity index (χ3v) is 4.26. The highest BCUT2D eigenvalue weighted by Gasteiger charge is 2.29. The van der Waals surface area contributed by atoms with Crippen LogP contribution in [-0.4, -0.2) is 19.6 Å². The molecule has 3 N–H and O–H groups in total. The van der Waals surface area contributed by atoms with E-state index in [4.69, 9.17) is 22.1 Å². The van der Waals surface area contributed by atoms with Crippen molar-refractivity contribution in [3.05, 3.63) is 23.2 Å². The first kappa shape index (κ1) is 15.1. The van der Waals surface area contributed by atoms with Crippen molar-refractivity contribution in [1.82, 2.24) is 0 Å². The van der Waals surface area contributed by atoms with Crippen LogP contribution in [0.1, 0.15) is 25.7 Å². The van der Waals surface area contributed by atoms with Gasteiger partial charge < -0.3 is 15.8 Å². The maximum absolute atomic E-state index is 12.4. The summed E-state index contributed by atoms with van der Waals surface area (Å²) >= 11 is 6.06. The minimum Gasteiger partial charge on any atom is -0.495 e. The Morgan fingerprint density at radius 3 is 2.85 bits per heavy atom. The third-order valence-electron chi connectivity index (χ3n) is 3.97. The Morgan fingerprint density at radius 2 is 2.20 bits per heavy atom. The van der Waals surface area contributed by atoms with Crippen LogP contribution in [0.25, 0.3) is 0 Å². The quantitative estimate of drug-likeness (QED) is 0.897. The topological polar surface area (TPSA) is 64.3 Å². The Morgan fingerprint density at radius 1 is 1.45 bits per heavy atom. The molecule has 0 radical (unpaired) electrons. The molecular weight excluding hydrogens is 276 g/mol. The lowest BCUT2D eigenvalue weighted by Gasteiger charge is -2.29. The van der Waals surface area contributed by atoms with E-state index in [1.165, 1.54) is 6.42 Å². The predicted octanol–water partition coefficient (Wildman–Crippen LogP) is 3.05. The number of carbonyl (C=O) groups excluding carboxylic acids is 1. The Kier molecular flexibility index (Phi) is 5.26. The second-order valence-corrected chi connectivity index (χ2v) is 5.63. The molecule has 1 fully saturated rings. The maximum Gasteiger partial charge on any atom is 0.227 e. The Bertz CT molecular complexity index is 479. The summed E-state index contributed by atoms with van der Waals surface area (Å²) in [5, 5.41) is 3.42. The number of anilines is 1. The second kappa shape index (κ2) is 6.95. The van der Waals surface area contributed by atoms with Crippen molar-refractivity contribution in [3.8, 4) is 5.75 Å². The van der Waals surface area contributed by atoms with Crippen LogP contribution in [0.5, 0.6) is 5.75 Å². The molecule has 2 rings (SSSR count). The van der Waals surface area contributed by atoms with Crippen molar-refractivity contribution >= 4 is 23.2 Å². The van der Waals surface area contributed by atoms with Gasteiger partial charge in [0.15, 0.2) is 0 Å². The Labute approximate surface area is 124 Å². The Hall–Kier alpha value is -1.26. The van der Waals surface area contributed by atoms with Crippen LogP contribution in [0.15, 0.2) is 18.2 Å². The summed E-state index contributed by atoms with van der Waals surface area (Å²) in [6, 6.07) is 5.25. The number of nitrogens with one attached hydrogen (secondary N) is 1. The van der Waals surface area contributed by atoms with E-state index in [0.717, 1.165) is 19.3 Å². The zero-order chi connectivity index (χ0) is 14.5. The fourth-order valence-electron chi connectivity index (χ4n) is 2.81. The molecule has 20 heavy (non-hydrogen) atoms. The molecule has 110 valence electrons. The average Bonchev–Trinajstić information content (AvgIpc) is 2.47. The van der Waals surface area contributed by atoms with Crippen molar-refractivity contribution in [1.29, 1.82) is 0 Å². The van der Waals surface area contributed by atoms with Gasteiger partial charge in [0.05, 0.1) is 12.1 Å². The molecule has 4 nitrogen and oxygen atoms in total. The van der Waals surface area contributed by atoms with Crippen LogP contribution < -0.4 is 15.8 Å². The predicted molar refractivity (Wildman–Crippen MR) is 81.1 cm³/mol. The molecule has 5 heteroatoms. The first-order chi connectivity index (χ1) is 9.65. The first-order valence-corrected chi connectivity index (χ1v) is 7.38. The van der Waals surface area contributed by atoms with Crippen LogP contribution in [-0.2, 0) is 4.79 Å². The van der Waals surface area contributed by atoms with Crippen molar-refractivity contribution in [2.75, 3.05) is 19.0 Å². The van der Waals surface area contributed by atoms with Gasteiger partial charge in [-0.05, 0) is 43.5 Å². The molecule has 0 aliphatic heterocycles. The van der Waals surface area contributed by atoms with Gasteiger partial charge >= 0.3 is 0 Å². The lowest BCUT2D eigenvalue weighted by atomic mass is 9.78.